The van der Waals surface area contributed by atoms with Crippen LogP contribution in [0.2, 0.25) is 0 Å². The Kier molecular flexibility index (Phi) is 7.29. The Balaban J connectivity index is 0.000000178. The number of benzene rings is 2. The highest BCUT2D eigenvalue weighted by Crippen LogP contribution is 2.26. The van der Waals surface area contributed by atoms with Crippen LogP contribution in [0.3, 0.4) is 0 Å². The van der Waals surface area contributed by atoms with E-state index in [4.69, 9.17) is 0 Å². The average molecular weight is 363 g/mol. The largest absolute Gasteiger partial charge is 0.361 e. The van der Waals surface area contributed by atoms with Gasteiger partial charge in [-0.3, -0.25) is 0 Å². The van der Waals surface area contributed by atoms with Crippen molar-refractivity contribution >= 4 is 21.8 Å². The predicted molar refractivity (Wildman–Crippen MR) is 121 cm³/mol. The first-order chi connectivity index (χ1) is 13.0. The van der Waals surface area contributed by atoms with Gasteiger partial charge < -0.3 is 9.97 Å². The van der Waals surface area contributed by atoms with Gasteiger partial charge >= 0.3 is 0 Å². The zero-order valence-corrected chi connectivity index (χ0v) is 17.9. The van der Waals surface area contributed by atoms with Crippen molar-refractivity contribution in [2.45, 2.75) is 60.3 Å². The molecule has 0 bridgehead atoms. The smallest absolute Gasteiger partial charge is 0.0457 e. The highest BCUT2D eigenvalue weighted by Gasteiger charge is 2.06. The summed E-state index contributed by atoms with van der Waals surface area (Å²) in [6.45, 7) is 15.0. The van der Waals surface area contributed by atoms with Crippen LogP contribution in [0.5, 0.6) is 0 Å². The maximum Gasteiger partial charge on any atom is 0.0457 e. The summed E-state index contributed by atoms with van der Waals surface area (Å²) in [6, 6.07) is 15.0. The molecule has 2 aromatic heterocycles. The van der Waals surface area contributed by atoms with Gasteiger partial charge in [0.05, 0.1) is 0 Å². The number of aromatic amines is 2. The molecule has 2 nitrogen and oxygen atoms in total. The summed E-state index contributed by atoms with van der Waals surface area (Å²) in [5, 5.41) is 2.72. The van der Waals surface area contributed by atoms with Gasteiger partial charge in [0.1, 0.15) is 0 Å². The molecule has 0 aliphatic carbocycles. The summed E-state index contributed by atoms with van der Waals surface area (Å²) >= 11 is 0. The molecule has 0 amide bonds. The minimum absolute atomic E-state index is 0.593. The molecule has 2 aromatic carbocycles. The van der Waals surface area contributed by atoms with Gasteiger partial charge in [-0.05, 0) is 48.1 Å². The fourth-order valence-corrected chi connectivity index (χ4v) is 3.31. The number of H-pyrrole nitrogens is 2. The van der Waals surface area contributed by atoms with Crippen molar-refractivity contribution in [2.24, 2.45) is 0 Å². The maximum absolute atomic E-state index is 3.30. The fraction of sp³-hybridized carbons (Fsp3) is 0.360. The topological polar surface area (TPSA) is 31.6 Å². The molecule has 0 saturated carbocycles. The summed E-state index contributed by atoms with van der Waals surface area (Å²) in [5.74, 6) is 1.19. The van der Waals surface area contributed by atoms with Crippen LogP contribution in [0.15, 0.2) is 54.9 Å². The van der Waals surface area contributed by atoms with E-state index in [1.165, 1.54) is 38.5 Å². The molecule has 0 atom stereocenters. The van der Waals surface area contributed by atoms with Crippen molar-refractivity contribution in [3.05, 3.63) is 71.5 Å². The van der Waals surface area contributed by atoms with Gasteiger partial charge in [0.25, 0.3) is 0 Å². The molecule has 0 saturated heterocycles. The molecule has 0 aliphatic heterocycles. The van der Waals surface area contributed by atoms with Crippen molar-refractivity contribution in [3.63, 3.8) is 0 Å². The van der Waals surface area contributed by atoms with Crippen LogP contribution in [0.1, 0.15) is 70.1 Å². The van der Waals surface area contributed by atoms with E-state index in [2.05, 4.69) is 99.4 Å². The molecule has 27 heavy (non-hydrogen) atoms. The molecule has 144 valence electrons. The molecule has 0 radical (unpaired) electrons. The summed E-state index contributed by atoms with van der Waals surface area (Å²) < 4.78 is 0. The zero-order valence-electron chi connectivity index (χ0n) is 17.9. The van der Waals surface area contributed by atoms with E-state index in [0.717, 1.165) is 0 Å². The second-order valence-electron chi connectivity index (χ2n) is 7.39. The summed E-state index contributed by atoms with van der Waals surface area (Å²) in [4.78, 5) is 6.57. The Morgan fingerprint density at radius 3 is 1.78 bits per heavy atom. The van der Waals surface area contributed by atoms with Crippen molar-refractivity contribution in [1.29, 1.82) is 0 Å². The third-order valence-electron chi connectivity index (χ3n) is 4.73. The van der Waals surface area contributed by atoms with Gasteiger partial charge in [-0.25, -0.2) is 0 Å². The first-order valence-corrected chi connectivity index (χ1v) is 10.1. The van der Waals surface area contributed by atoms with Crippen LogP contribution in [-0.2, 0) is 0 Å². The fourth-order valence-electron chi connectivity index (χ4n) is 3.31. The summed E-state index contributed by atoms with van der Waals surface area (Å²) in [5.41, 5.74) is 6.63. The van der Waals surface area contributed by atoms with Crippen molar-refractivity contribution < 1.29 is 0 Å². The van der Waals surface area contributed by atoms with Crippen molar-refractivity contribution in [2.75, 3.05) is 0 Å². The highest BCUT2D eigenvalue weighted by atomic mass is 14.7. The van der Waals surface area contributed by atoms with Gasteiger partial charge in [-0.1, -0.05) is 71.4 Å². The van der Waals surface area contributed by atoms with Gasteiger partial charge in [0.15, 0.2) is 0 Å². The van der Waals surface area contributed by atoms with Crippen LogP contribution in [0, 0.1) is 6.92 Å². The number of hydrogen-bond acceptors (Lipinski definition) is 0. The van der Waals surface area contributed by atoms with E-state index < -0.39 is 0 Å². The zero-order chi connectivity index (χ0) is 20.0. The first-order valence-electron chi connectivity index (χ1n) is 10.1. The molecule has 0 fully saturated rings. The molecule has 0 aliphatic rings. The van der Waals surface area contributed by atoms with E-state index in [0.29, 0.717) is 11.8 Å². The lowest BCUT2D eigenvalue weighted by Gasteiger charge is -2.02. The molecule has 4 rings (SSSR count). The highest BCUT2D eigenvalue weighted by molar-refractivity contribution is 5.84. The molecular formula is C25H34N2. The molecule has 0 spiro atoms. The van der Waals surface area contributed by atoms with Gasteiger partial charge in [0, 0.05) is 34.2 Å². The monoisotopic (exact) mass is 362 g/mol. The Morgan fingerprint density at radius 1 is 0.667 bits per heavy atom. The average Bonchev–Trinajstić information content (AvgIpc) is 3.27. The Bertz CT molecular complexity index is 970. The second kappa shape index (κ2) is 9.45. The number of para-hydroxylation sites is 1. The van der Waals surface area contributed by atoms with Crippen molar-refractivity contribution in [3.8, 4) is 0 Å². The van der Waals surface area contributed by atoms with Gasteiger partial charge in [-0.2, -0.15) is 0 Å². The van der Waals surface area contributed by atoms with Crippen LogP contribution >= 0.6 is 0 Å². The first kappa shape index (κ1) is 20.8. The molecule has 4 aromatic rings. The predicted octanol–water partition coefficient (Wildman–Crippen LogP) is 7.92. The number of aryl methyl sites for hydroxylation is 1. The quantitative estimate of drug-likeness (QED) is 0.363. The number of hydrogen-bond donors (Lipinski definition) is 2. The van der Waals surface area contributed by atoms with E-state index in [9.17, 15) is 0 Å². The lowest BCUT2D eigenvalue weighted by atomic mass is 10.0. The normalized spacial score (nSPS) is 10.7. The molecule has 2 heterocycles. The third-order valence-corrected chi connectivity index (χ3v) is 4.73. The molecular weight excluding hydrogens is 328 g/mol. The Morgan fingerprint density at radius 2 is 1.19 bits per heavy atom. The number of nitrogens with one attached hydrogen (secondary N) is 2. The van der Waals surface area contributed by atoms with Crippen LogP contribution < -0.4 is 0 Å². The van der Waals surface area contributed by atoms with Crippen LogP contribution in [0.4, 0.5) is 0 Å². The van der Waals surface area contributed by atoms with Crippen LogP contribution in [0.25, 0.3) is 21.8 Å². The van der Waals surface area contributed by atoms with Gasteiger partial charge in [0.2, 0.25) is 0 Å². The van der Waals surface area contributed by atoms with Crippen LogP contribution in [-0.4, -0.2) is 9.97 Å². The van der Waals surface area contributed by atoms with Crippen molar-refractivity contribution in [1.82, 2.24) is 9.97 Å². The minimum Gasteiger partial charge on any atom is -0.361 e. The maximum atomic E-state index is 3.30. The van der Waals surface area contributed by atoms with E-state index in [-0.39, 0.29) is 0 Å². The second-order valence-corrected chi connectivity index (χ2v) is 7.39. The summed E-state index contributed by atoms with van der Waals surface area (Å²) in [7, 11) is 0. The van der Waals surface area contributed by atoms with E-state index >= 15 is 0 Å². The number of fused-ring (bicyclic) bond motifs is 2. The molecule has 0 unspecified atom stereocenters. The molecule has 2 heteroatoms. The van der Waals surface area contributed by atoms with E-state index in [1.807, 2.05) is 13.8 Å². The molecule has 2 N–H and O–H groups in total. The number of rotatable bonds is 2. The SMILES string of the molecule is CC.CC(C)c1c[nH]c2ccccc12.Cc1ccc2[nH]cc(C(C)C)c2c1. The van der Waals surface area contributed by atoms with Gasteiger partial charge in [-0.15, -0.1) is 0 Å². The standard InChI is InChI=1S/C12H15N.C11H13N.C2H6/c1-8(2)11-7-13-12-5-4-9(3)6-10(11)12;1-8(2)10-7-12-11-6-4-3-5-9(10)11;1-2/h4-8,13H,1-3H3;3-8,12H,1-2H3;1-2H3. The lowest BCUT2D eigenvalue weighted by molar-refractivity contribution is 0.875. The minimum atomic E-state index is 0.593. The third kappa shape index (κ3) is 4.82. The Labute approximate surface area is 164 Å². The number of aromatic nitrogens is 2. The van der Waals surface area contributed by atoms with E-state index in [1.54, 1.807) is 0 Å². The Hall–Kier alpha value is -2.48. The lowest BCUT2D eigenvalue weighted by Crippen LogP contribution is -1.83. The summed E-state index contributed by atoms with van der Waals surface area (Å²) in [6.07, 6.45) is 4.23.